The second-order valence-electron chi connectivity index (χ2n) is 4.01. The number of aryl methyl sites for hydroxylation is 1. The van der Waals surface area contributed by atoms with E-state index >= 15 is 0 Å². The van der Waals surface area contributed by atoms with Gasteiger partial charge in [0.2, 0.25) is 0 Å². The molecule has 0 fully saturated rings. The van der Waals surface area contributed by atoms with E-state index in [9.17, 15) is 4.79 Å². The summed E-state index contributed by atoms with van der Waals surface area (Å²) in [5, 5.41) is 9.01. The quantitative estimate of drug-likeness (QED) is 0.886. The first-order valence-corrected chi connectivity index (χ1v) is 6.18. The molecule has 19 heavy (non-hydrogen) atoms. The summed E-state index contributed by atoms with van der Waals surface area (Å²) in [6.45, 7) is 2.47. The van der Waals surface area contributed by atoms with Crippen molar-refractivity contribution in [2.24, 2.45) is 0 Å². The zero-order chi connectivity index (χ0) is 13.7. The number of aromatic nitrogens is 2. The van der Waals surface area contributed by atoms with Crippen LogP contribution in [-0.4, -0.2) is 21.3 Å². The first kappa shape index (κ1) is 13.3. The Labute approximate surface area is 111 Å². The fourth-order valence-electron chi connectivity index (χ4n) is 1.78. The minimum atomic E-state index is -0.260. The Hall–Kier alpha value is -2.14. The Balaban J connectivity index is 2.34. The van der Waals surface area contributed by atoms with Gasteiger partial charge in [0.05, 0.1) is 0 Å². The molecule has 0 radical (unpaired) electrons. The van der Waals surface area contributed by atoms with Gasteiger partial charge in [-0.2, -0.15) is 0 Å². The van der Waals surface area contributed by atoms with E-state index in [0.29, 0.717) is 18.7 Å². The van der Waals surface area contributed by atoms with E-state index in [-0.39, 0.29) is 18.0 Å². The van der Waals surface area contributed by atoms with Crippen LogP contribution in [0.25, 0.3) is 0 Å². The first-order chi connectivity index (χ1) is 9.26. The summed E-state index contributed by atoms with van der Waals surface area (Å²) in [4.78, 5) is 16.0. The zero-order valence-electron chi connectivity index (χ0n) is 10.7. The molecule has 0 unspecified atom stereocenters. The highest BCUT2D eigenvalue weighted by molar-refractivity contribution is 5.35. The Kier molecular flexibility index (Phi) is 4.30. The van der Waals surface area contributed by atoms with Gasteiger partial charge in [-0.3, -0.25) is 4.79 Å². The van der Waals surface area contributed by atoms with Gasteiger partial charge >= 0.3 is 5.56 Å². The highest BCUT2D eigenvalue weighted by atomic mass is 16.5. The largest absolute Gasteiger partial charge is 0.434 e. The Morgan fingerprint density at radius 3 is 2.89 bits per heavy atom. The number of hydrogen-bond donors (Lipinski definition) is 1. The van der Waals surface area contributed by atoms with Crippen LogP contribution in [0.5, 0.6) is 11.6 Å². The van der Waals surface area contributed by atoms with Crippen molar-refractivity contribution in [3.8, 4) is 11.6 Å². The minimum Gasteiger partial charge on any atom is -0.434 e. The average Bonchev–Trinajstić information content (AvgIpc) is 2.43. The average molecular weight is 260 g/mol. The highest BCUT2D eigenvalue weighted by Gasteiger charge is 2.09. The highest BCUT2D eigenvalue weighted by Crippen LogP contribution is 2.22. The topological polar surface area (TPSA) is 64.3 Å². The number of aliphatic hydroxyl groups excluding tert-OH is 1. The van der Waals surface area contributed by atoms with E-state index in [4.69, 9.17) is 9.84 Å². The van der Waals surface area contributed by atoms with Gasteiger partial charge in [0, 0.05) is 25.5 Å². The van der Waals surface area contributed by atoms with Gasteiger partial charge < -0.3 is 14.4 Å². The van der Waals surface area contributed by atoms with Gasteiger partial charge in [-0.25, -0.2) is 4.98 Å². The van der Waals surface area contributed by atoms with E-state index < -0.39 is 0 Å². The van der Waals surface area contributed by atoms with Gasteiger partial charge in [-0.15, -0.1) is 0 Å². The van der Waals surface area contributed by atoms with Gasteiger partial charge in [-0.1, -0.05) is 18.2 Å². The lowest BCUT2D eigenvalue weighted by molar-refractivity contribution is 0.297. The van der Waals surface area contributed by atoms with Crippen molar-refractivity contribution in [2.75, 3.05) is 6.61 Å². The number of rotatable bonds is 5. The molecular formula is C14H16N2O3. The lowest BCUT2D eigenvalue weighted by Crippen LogP contribution is -2.20. The smallest absolute Gasteiger partial charge is 0.313 e. The summed E-state index contributed by atoms with van der Waals surface area (Å²) >= 11 is 0. The molecule has 2 aromatic rings. The molecule has 2 rings (SSSR count). The van der Waals surface area contributed by atoms with Crippen molar-refractivity contribution < 1.29 is 9.84 Å². The molecule has 0 saturated carbocycles. The first-order valence-electron chi connectivity index (χ1n) is 6.18. The third kappa shape index (κ3) is 3.00. The standard InChI is InChI=1S/C14H16N2O3/c1-2-16-9-8-15-13(14(16)18)19-12-6-4-3-5-11(12)7-10-17/h3-6,8-9,17H,2,7,10H2,1H3. The van der Waals surface area contributed by atoms with Crippen LogP contribution in [0.1, 0.15) is 12.5 Å². The summed E-state index contributed by atoms with van der Waals surface area (Å²) in [5.74, 6) is 0.602. The number of benzene rings is 1. The summed E-state index contributed by atoms with van der Waals surface area (Å²) in [5.41, 5.74) is 0.585. The van der Waals surface area contributed by atoms with Crippen molar-refractivity contribution in [1.82, 2.24) is 9.55 Å². The van der Waals surface area contributed by atoms with Crippen molar-refractivity contribution >= 4 is 0 Å². The molecule has 100 valence electrons. The Morgan fingerprint density at radius 2 is 2.16 bits per heavy atom. The zero-order valence-corrected chi connectivity index (χ0v) is 10.7. The molecule has 5 heteroatoms. The molecule has 1 N–H and O–H groups in total. The molecule has 0 aliphatic rings. The van der Waals surface area contributed by atoms with E-state index in [1.54, 1.807) is 12.3 Å². The SMILES string of the molecule is CCn1ccnc(Oc2ccccc2CCO)c1=O. The summed E-state index contributed by atoms with van der Waals surface area (Å²) in [6, 6.07) is 7.29. The predicted octanol–water partition coefficient (Wildman–Crippen LogP) is 1.59. The summed E-state index contributed by atoms with van der Waals surface area (Å²) in [6.07, 6.45) is 3.63. The van der Waals surface area contributed by atoms with Gasteiger partial charge in [0.25, 0.3) is 5.88 Å². The van der Waals surface area contributed by atoms with Gasteiger partial charge in [0.1, 0.15) is 5.75 Å². The maximum Gasteiger partial charge on any atom is 0.313 e. The number of ether oxygens (including phenoxy) is 1. The summed E-state index contributed by atoms with van der Waals surface area (Å²) < 4.78 is 7.10. The molecule has 0 aliphatic heterocycles. The summed E-state index contributed by atoms with van der Waals surface area (Å²) in [7, 11) is 0. The third-order valence-corrected chi connectivity index (χ3v) is 2.78. The van der Waals surface area contributed by atoms with Crippen LogP contribution in [0.15, 0.2) is 41.5 Å². The number of nitrogens with zero attached hydrogens (tertiary/aromatic N) is 2. The Bertz CT molecular complexity index is 608. The predicted molar refractivity (Wildman–Crippen MR) is 71.5 cm³/mol. The van der Waals surface area contributed by atoms with E-state index in [1.165, 1.54) is 10.8 Å². The van der Waals surface area contributed by atoms with Gasteiger partial charge in [-0.05, 0) is 25.0 Å². The Morgan fingerprint density at radius 1 is 1.37 bits per heavy atom. The molecule has 1 heterocycles. The molecule has 0 amide bonds. The van der Waals surface area contributed by atoms with E-state index in [0.717, 1.165) is 5.56 Å². The van der Waals surface area contributed by atoms with Crippen molar-refractivity contribution in [1.29, 1.82) is 0 Å². The molecule has 1 aromatic carbocycles. The normalized spacial score (nSPS) is 10.4. The molecule has 0 saturated heterocycles. The van der Waals surface area contributed by atoms with E-state index in [1.807, 2.05) is 25.1 Å². The van der Waals surface area contributed by atoms with Gasteiger partial charge in [0.15, 0.2) is 0 Å². The van der Waals surface area contributed by atoms with Crippen LogP contribution in [-0.2, 0) is 13.0 Å². The maximum absolute atomic E-state index is 12.0. The number of aliphatic hydroxyl groups is 1. The van der Waals surface area contributed by atoms with E-state index in [2.05, 4.69) is 4.98 Å². The van der Waals surface area contributed by atoms with Crippen LogP contribution in [0, 0.1) is 0 Å². The molecule has 0 bridgehead atoms. The maximum atomic E-state index is 12.0. The number of hydrogen-bond acceptors (Lipinski definition) is 4. The molecule has 0 atom stereocenters. The fraction of sp³-hybridized carbons (Fsp3) is 0.286. The molecule has 0 spiro atoms. The van der Waals surface area contributed by atoms with Crippen LogP contribution in [0.2, 0.25) is 0 Å². The second kappa shape index (κ2) is 6.15. The molecule has 0 aliphatic carbocycles. The van der Waals surface area contributed by atoms with Crippen LogP contribution in [0.3, 0.4) is 0 Å². The van der Waals surface area contributed by atoms with Crippen molar-refractivity contribution in [3.63, 3.8) is 0 Å². The third-order valence-electron chi connectivity index (χ3n) is 2.78. The van der Waals surface area contributed by atoms with Crippen molar-refractivity contribution in [3.05, 3.63) is 52.6 Å². The monoisotopic (exact) mass is 260 g/mol. The van der Waals surface area contributed by atoms with Crippen molar-refractivity contribution in [2.45, 2.75) is 19.9 Å². The van der Waals surface area contributed by atoms with Crippen LogP contribution < -0.4 is 10.3 Å². The minimum absolute atomic E-state index is 0.0295. The van der Waals surface area contributed by atoms with Crippen LogP contribution in [0.4, 0.5) is 0 Å². The number of para-hydroxylation sites is 1. The molecule has 5 nitrogen and oxygen atoms in total. The van der Waals surface area contributed by atoms with Crippen LogP contribution >= 0.6 is 0 Å². The molecule has 1 aromatic heterocycles. The molecular weight excluding hydrogens is 244 g/mol. The lowest BCUT2D eigenvalue weighted by Gasteiger charge is -2.10. The second-order valence-corrected chi connectivity index (χ2v) is 4.01. The fourth-order valence-corrected chi connectivity index (χ4v) is 1.78. The lowest BCUT2D eigenvalue weighted by atomic mass is 10.1.